The van der Waals surface area contributed by atoms with Crippen LogP contribution in [0.5, 0.6) is 0 Å². The molecule has 1 unspecified atom stereocenters. The van der Waals surface area contributed by atoms with Gasteiger partial charge in [0.2, 0.25) is 5.91 Å². The van der Waals surface area contributed by atoms with Crippen LogP contribution < -0.4 is 5.32 Å². The van der Waals surface area contributed by atoms with Crippen molar-refractivity contribution in [3.63, 3.8) is 0 Å². The second-order valence-electron chi connectivity index (χ2n) is 6.56. The van der Waals surface area contributed by atoms with Crippen molar-refractivity contribution in [1.29, 1.82) is 0 Å². The molecule has 1 aromatic carbocycles. The van der Waals surface area contributed by atoms with Gasteiger partial charge in [0, 0.05) is 16.0 Å². The second-order valence-corrected chi connectivity index (χ2v) is 8.07. The zero-order valence-electron chi connectivity index (χ0n) is 15.4. The summed E-state index contributed by atoms with van der Waals surface area (Å²) in [4.78, 5) is 25.9. The third-order valence-electron chi connectivity index (χ3n) is 4.89. The smallest absolute Gasteiger partial charge is 0.341 e. The van der Waals surface area contributed by atoms with Gasteiger partial charge in [0.05, 0.1) is 12.7 Å². The van der Waals surface area contributed by atoms with Gasteiger partial charge in [0.25, 0.3) is 0 Å². The molecular weight excluding hydrogens is 382 g/mol. The Morgan fingerprint density at radius 2 is 2.15 bits per heavy atom. The van der Waals surface area contributed by atoms with E-state index in [1.165, 1.54) is 29.4 Å². The van der Waals surface area contributed by atoms with Crippen LogP contribution in [-0.2, 0) is 22.4 Å². The first-order valence-electron chi connectivity index (χ1n) is 8.99. The first-order chi connectivity index (χ1) is 13.0. The lowest BCUT2D eigenvalue weighted by atomic mass is 9.86. The second kappa shape index (κ2) is 8.72. The van der Waals surface area contributed by atoms with E-state index >= 15 is 0 Å². The number of carbonyl (C=O) groups is 2. The van der Waals surface area contributed by atoms with E-state index in [1.54, 1.807) is 12.1 Å². The average Bonchev–Trinajstić information content (AvgIpc) is 3.03. The van der Waals surface area contributed by atoms with Crippen LogP contribution in [-0.4, -0.2) is 19.0 Å². The van der Waals surface area contributed by atoms with Crippen LogP contribution in [0.2, 0.25) is 5.02 Å². The average molecular weight is 404 g/mol. The minimum Gasteiger partial charge on any atom is -0.465 e. The Balaban J connectivity index is 1.83. The zero-order chi connectivity index (χ0) is 19.4. The predicted molar refractivity (Wildman–Crippen MR) is 111 cm³/mol. The lowest BCUT2D eigenvalue weighted by molar-refractivity contribution is -0.111. The summed E-state index contributed by atoms with van der Waals surface area (Å²) >= 11 is 7.59. The Hall–Kier alpha value is -2.11. The highest BCUT2D eigenvalue weighted by Crippen LogP contribution is 2.40. The van der Waals surface area contributed by atoms with Gasteiger partial charge < -0.3 is 10.1 Å². The van der Waals surface area contributed by atoms with Crippen molar-refractivity contribution in [3.05, 3.63) is 56.9 Å². The maximum absolute atomic E-state index is 12.4. The lowest BCUT2D eigenvalue weighted by Gasteiger charge is -2.20. The van der Waals surface area contributed by atoms with E-state index in [4.69, 9.17) is 16.3 Å². The molecule has 142 valence electrons. The van der Waals surface area contributed by atoms with Crippen molar-refractivity contribution in [2.45, 2.75) is 32.6 Å². The van der Waals surface area contributed by atoms with E-state index in [1.807, 2.05) is 18.2 Å². The van der Waals surface area contributed by atoms with E-state index < -0.39 is 5.97 Å². The Labute approximate surface area is 168 Å². The van der Waals surface area contributed by atoms with Gasteiger partial charge in [0.15, 0.2) is 0 Å². The van der Waals surface area contributed by atoms with Crippen LogP contribution in [0.25, 0.3) is 6.08 Å². The Morgan fingerprint density at radius 3 is 2.85 bits per heavy atom. The highest BCUT2D eigenvalue weighted by Gasteiger charge is 2.29. The number of esters is 1. The number of benzene rings is 1. The Bertz CT molecular complexity index is 888. The van der Waals surface area contributed by atoms with Crippen LogP contribution in [0.15, 0.2) is 30.3 Å². The number of fused-ring (bicyclic) bond motifs is 1. The van der Waals surface area contributed by atoms with Crippen molar-refractivity contribution < 1.29 is 14.3 Å². The van der Waals surface area contributed by atoms with Gasteiger partial charge in [-0.3, -0.25) is 4.79 Å². The molecule has 0 aliphatic heterocycles. The van der Waals surface area contributed by atoms with E-state index in [9.17, 15) is 9.59 Å². The maximum Gasteiger partial charge on any atom is 0.341 e. The molecule has 1 amide bonds. The third kappa shape index (κ3) is 4.42. The highest BCUT2D eigenvalue weighted by molar-refractivity contribution is 7.17. The van der Waals surface area contributed by atoms with Crippen LogP contribution in [0.4, 0.5) is 5.00 Å². The van der Waals surface area contributed by atoms with Gasteiger partial charge in [-0.05, 0) is 48.4 Å². The topological polar surface area (TPSA) is 55.4 Å². The van der Waals surface area contributed by atoms with Crippen molar-refractivity contribution in [1.82, 2.24) is 0 Å². The fourth-order valence-corrected chi connectivity index (χ4v) is 4.89. The largest absolute Gasteiger partial charge is 0.465 e. The number of halogens is 1. The number of hydrogen-bond donors (Lipinski definition) is 1. The van der Waals surface area contributed by atoms with E-state index in [2.05, 4.69) is 12.2 Å². The van der Waals surface area contributed by atoms with E-state index in [0.29, 0.717) is 21.5 Å². The first kappa shape index (κ1) is 19.6. The molecule has 1 aliphatic carbocycles. The molecule has 2 aromatic rings. The lowest BCUT2D eigenvalue weighted by Crippen LogP contribution is -2.15. The first-order valence-corrected chi connectivity index (χ1v) is 10.2. The minimum absolute atomic E-state index is 0.300. The molecule has 0 saturated carbocycles. The molecule has 0 bridgehead atoms. The molecule has 1 atom stereocenters. The highest BCUT2D eigenvalue weighted by atomic mass is 35.5. The van der Waals surface area contributed by atoms with E-state index in [0.717, 1.165) is 36.8 Å². The number of ether oxygens (including phenoxy) is 1. The third-order valence-corrected chi connectivity index (χ3v) is 6.40. The maximum atomic E-state index is 12.4. The molecule has 0 radical (unpaired) electrons. The summed E-state index contributed by atoms with van der Waals surface area (Å²) in [6.07, 6.45) is 7.06. The van der Waals surface area contributed by atoms with Gasteiger partial charge in [-0.25, -0.2) is 4.79 Å². The number of methoxy groups -OCH3 is 1. The molecule has 1 aromatic heterocycles. The van der Waals surface area contributed by atoms with Gasteiger partial charge in [-0.15, -0.1) is 11.3 Å². The van der Waals surface area contributed by atoms with Crippen molar-refractivity contribution in [2.24, 2.45) is 5.92 Å². The quantitative estimate of drug-likeness (QED) is 0.540. The number of thiophene rings is 1. The number of hydrogen-bond acceptors (Lipinski definition) is 4. The fourth-order valence-electron chi connectivity index (χ4n) is 3.34. The predicted octanol–water partition coefficient (Wildman–Crippen LogP) is 5.35. The summed E-state index contributed by atoms with van der Waals surface area (Å²) in [5.41, 5.74) is 2.30. The van der Waals surface area contributed by atoms with Gasteiger partial charge in [0.1, 0.15) is 5.00 Å². The molecule has 0 saturated heterocycles. The summed E-state index contributed by atoms with van der Waals surface area (Å²) in [5.74, 6) is -0.0659. The van der Waals surface area contributed by atoms with Crippen molar-refractivity contribution >= 4 is 45.9 Å². The molecule has 4 nitrogen and oxygen atoms in total. The standard InChI is InChI=1S/C21H22ClNO3S/c1-3-13-8-10-15-17(12-13)27-20(19(15)21(25)26-2)23-18(24)11-9-14-6-4-5-7-16(14)22/h4-7,9,11,13H,3,8,10,12H2,1-2H3,(H,23,24). The van der Waals surface area contributed by atoms with Crippen LogP contribution in [0.1, 0.15) is 46.1 Å². The van der Waals surface area contributed by atoms with E-state index in [-0.39, 0.29) is 5.91 Å². The molecule has 1 heterocycles. The van der Waals surface area contributed by atoms with Crippen LogP contribution in [0, 0.1) is 5.92 Å². The monoisotopic (exact) mass is 403 g/mol. The molecule has 1 N–H and O–H groups in total. The number of anilines is 1. The van der Waals surface area contributed by atoms with Gasteiger partial charge >= 0.3 is 5.97 Å². The Morgan fingerprint density at radius 1 is 1.37 bits per heavy atom. The zero-order valence-corrected chi connectivity index (χ0v) is 17.0. The number of amides is 1. The van der Waals surface area contributed by atoms with Gasteiger partial charge in [-0.1, -0.05) is 43.1 Å². The summed E-state index contributed by atoms with van der Waals surface area (Å²) in [5, 5.41) is 4.00. The van der Waals surface area contributed by atoms with Crippen LogP contribution in [0.3, 0.4) is 0 Å². The molecule has 27 heavy (non-hydrogen) atoms. The minimum atomic E-state index is -0.396. The molecule has 1 aliphatic rings. The van der Waals surface area contributed by atoms with Crippen molar-refractivity contribution in [2.75, 3.05) is 12.4 Å². The normalized spacial score (nSPS) is 16.2. The molecule has 3 rings (SSSR count). The molecule has 0 spiro atoms. The number of rotatable bonds is 5. The Kier molecular flexibility index (Phi) is 6.34. The number of carbonyl (C=O) groups excluding carboxylic acids is 2. The van der Waals surface area contributed by atoms with Crippen molar-refractivity contribution in [3.8, 4) is 0 Å². The summed E-state index contributed by atoms with van der Waals surface area (Å²) in [6.45, 7) is 2.19. The molecule has 0 fully saturated rings. The molecular formula is C21H22ClNO3S. The summed E-state index contributed by atoms with van der Waals surface area (Å²) in [6, 6.07) is 7.30. The fraction of sp³-hybridized carbons (Fsp3) is 0.333. The summed E-state index contributed by atoms with van der Waals surface area (Å²) in [7, 11) is 1.37. The van der Waals surface area contributed by atoms with Crippen LogP contribution >= 0.6 is 22.9 Å². The SMILES string of the molecule is CCC1CCc2c(sc(NC(=O)C=Cc3ccccc3Cl)c2C(=O)OC)C1. The molecule has 6 heteroatoms. The number of nitrogens with one attached hydrogen (secondary N) is 1. The summed E-state index contributed by atoms with van der Waals surface area (Å²) < 4.78 is 4.96. The van der Waals surface area contributed by atoms with Gasteiger partial charge in [-0.2, -0.15) is 0 Å².